The number of hydrogen-bond donors (Lipinski definition) is 0. The molecular formula is C12H13NS. The van der Waals surface area contributed by atoms with E-state index >= 15 is 0 Å². The molecule has 0 aliphatic heterocycles. The van der Waals surface area contributed by atoms with E-state index < -0.39 is 5.41 Å². The van der Waals surface area contributed by atoms with E-state index in [1.165, 1.54) is 0 Å². The van der Waals surface area contributed by atoms with E-state index in [1.54, 1.807) is 23.5 Å². The van der Waals surface area contributed by atoms with Gasteiger partial charge in [-0.3, -0.25) is 0 Å². The van der Waals surface area contributed by atoms with Gasteiger partial charge in [-0.2, -0.15) is 16.6 Å². The summed E-state index contributed by atoms with van der Waals surface area (Å²) in [5.41, 5.74) is 0.619. The second-order valence-corrected chi connectivity index (χ2v) is 3.97. The van der Waals surface area contributed by atoms with Crippen LogP contribution in [0.3, 0.4) is 0 Å². The highest BCUT2D eigenvalue weighted by atomic mass is 32.1. The molecule has 1 aromatic rings. The second-order valence-electron chi connectivity index (χ2n) is 3.19. The topological polar surface area (TPSA) is 23.8 Å². The van der Waals surface area contributed by atoms with E-state index in [2.05, 4.69) is 19.2 Å². The number of nitrogens with zero attached hydrogens (tertiary/aromatic N) is 1. The first-order valence-corrected chi connectivity index (χ1v) is 5.39. The lowest BCUT2D eigenvalue weighted by Gasteiger charge is -2.22. The minimum atomic E-state index is -0.455. The van der Waals surface area contributed by atoms with Gasteiger partial charge in [-0.05, 0) is 35.2 Å². The van der Waals surface area contributed by atoms with Crippen molar-refractivity contribution in [3.63, 3.8) is 0 Å². The van der Waals surface area contributed by atoms with E-state index in [4.69, 9.17) is 0 Å². The molecule has 1 nitrogen and oxygen atoms in total. The van der Waals surface area contributed by atoms with Gasteiger partial charge in [0.25, 0.3) is 0 Å². The predicted molar refractivity (Wildman–Crippen MR) is 61.2 cm³/mol. The van der Waals surface area contributed by atoms with Crippen molar-refractivity contribution in [2.24, 2.45) is 0 Å². The molecule has 1 rings (SSSR count). The Kier molecular flexibility index (Phi) is 3.67. The Balaban J connectivity index is 3.08. The number of allylic oxidation sites excluding steroid dienone is 2. The molecule has 0 N–H and O–H groups in total. The van der Waals surface area contributed by atoms with E-state index in [0.717, 1.165) is 5.56 Å². The lowest BCUT2D eigenvalue weighted by Crippen LogP contribution is -2.21. The van der Waals surface area contributed by atoms with Crippen LogP contribution in [0.5, 0.6) is 0 Å². The van der Waals surface area contributed by atoms with Gasteiger partial charge < -0.3 is 0 Å². The summed E-state index contributed by atoms with van der Waals surface area (Å²) in [6.07, 6.45) is 4.94. The van der Waals surface area contributed by atoms with Gasteiger partial charge in [0.2, 0.25) is 0 Å². The highest BCUT2D eigenvalue weighted by molar-refractivity contribution is 7.08. The van der Waals surface area contributed by atoms with Crippen LogP contribution in [0.4, 0.5) is 0 Å². The Morgan fingerprint density at radius 3 is 2.43 bits per heavy atom. The summed E-state index contributed by atoms with van der Waals surface area (Å²) in [6.45, 7) is 7.41. The Bertz CT molecular complexity index is 333. The maximum Gasteiger partial charge on any atom is 0.0898 e. The second kappa shape index (κ2) is 4.78. The first kappa shape index (κ1) is 10.7. The van der Waals surface area contributed by atoms with Gasteiger partial charge in [-0.15, -0.1) is 13.2 Å². The average Bonchev–Trinajstić information content (AvgIpc) is 2.70. The molecule has 0 amide bonds. The fourth-order valence-corrected chi connectivity index (χ4v) is 2.26. The lowest BCUT2D eigenvalue weighted by atomic mass is 9.77. The van der Waals surface area contributed by atoms with Crippen LogP contribution in [0.1, 0.15) is 18.4 Å². The Labute approximate surface area is 89.0 Å². The average molecular weight is 203 g/mol. The highest BCUT2D eigenvalue weighted by Crippen LogP contribution is 2.33. The van der Waals surface area contributed by atoms with Crippen LogP contribution in [0.2, 0.25) is 0 Å². The summed E-state index contributed by atoms with van der Waals surface area (Å²) in [7, 11) is 0. The summed E-state index contributed by atoms with van der Waals surface area (Å²) < 4.78 is 0. The van der Waals surface area contributed by atoms with Gasteiger partial charge in [0.15, 0.2) is 0 Å². The smallest absolute Gasteiger partial charge is 0.0898 e. The van der Waals surface area contributed by atoms with Gasteiger partial charge in [0, 0.05) is 0 Å². The molecule has 0 aromatic carbocycles. The molecule has 0 bridgehead atoms. The van der Waals surface area contributed by atoms with Crippen LogP contribution in [0, 0.1) is 11.3 Å². The molecule has 0 unspecified atom stereocenters. The van der Waals surface area contributed by atoms with Crippen LogP contribution < -0.4 is 0 Å². The molecule has 0 aliphatic rings. The van der Waals surface area contributed by atoms with Crippen LogP contribution in [0.15, 0.2) is 42.1 Å². The fourth-order valence-electron chi connectivity index (χ4n) is 1.50. The molecule has 0 radical (unpaired) electrons. The van der Waals surface area contributed by atoms with Gasteiger partial charge in [-0.25, -0.2) is 0 Å². The van der Waals surface area contributed by atoms with Gasteiger partial charge in [-0.1, -0.05) is 12.2 Å². The van der Waals surface area contributed by atoms with Crippen LogP contribution in [-0.2, 0) is 5.41 Å². The molecule has 72 valence electrons. The zero-order chi connectivity index (χ0) is 10.4. The van der Waals surface area contributed by atoms with E-state index in [0.29, 0.717) is 12.8 Å². The zero-order valence-electron chi connectivity index (χ0n) is 8.07. The molecule has 1 aromatic heterocycles. The van der Waals surface area contributed by atoms with Crippen LogP contribution in [0.25, 0.3) is 0 Å². The Morgan fingerprint density at radius 2 is 2.07 bits per heavy atom. The Morgan fingerprint density at radius 1 is 1.43 bits per heavy atom. The third-order valence-electron chi connectivity index (χ3n) is 2.27. The van der Waals surface area contributed by atoms with Crippen molar-refractivity contribution in [2.75, 3.05) is 0 Å². The van der Waals surface area contributed by atoms with Crippen molar-refractivity contribution in [1.29, 1.82) is 5.26 Å². The summed E-state index contributed by atoms with van der Waals surface area (Å²) in [5, 5.41) is 13.3. The quantitative estimate of drug-likeness (QED) is 0.670. The van der Waals surface area contributed by atoms with Gasteiger partial charge in [0.1, 0.15) is 0 Å². The lowest BCUT2D eigenvalue weighted by molar-refractivity contribution is 0.568. The molecule has 0 fully saturated rings. The number of hydrogen-bond acceptors (Lipinski definition) is 2. The first-order valence-electron chi connectivity index (χ1n) is 4.45. The summed E-state index contributed by atoms with van der Waals surface area (Å²) in [4.78, 5) is 0. The van der Waals surface area contributed by atoms with Crippen LogP contribution in [-0.4, -0.2) is 0 Å². The summed E-state index contributed by atoms with van der Waals surface area (Å²) in [6, 6.07) is 4.38. The molecule has 1 heterocycles. The molecule has 14 heavy (non-hydrogen) atoms. The van der Waals surface area contributed by atoms with Gasteiger partial charge in [0.05, 0.1) is 11.5 Å². The fraction of sp³-hybridized carbons (Fsp3) is 0.250. The molecule has 2 heteroatoms. The summed E-state index contributed by atoms with van der Waals surface area (Å²) in [5.74, 6) is 0. The predicted octanol–water partition coefficient (Wildman–Crippen LogP) is 3.66. The zero-order valence-corrected chi connectivity index (χ0v) is 8.89. The summed E-state index contributed by atoms with van der Waals surface area (Å²) >= 11 is 1.61. The SMILES string of the molecule is C=CCC(C#N)(CC=C)c1ccsc1. The number of rotatable bonds is 5. The molecule has 0 saturated heterocycles. The molecule has 0 spiro atoms. The standard InChI is InChI=1S/C12H13NS/c1-3-6-12(10-13,7-4-2)11-5-8-14-9-11/h3-5,8-9H,1-2,6-7H2. The highest BCUT2D eigenvalue weighted by Gasteiger charge is 2.29. The third-order valence-corrected chi connectivity index (χ3v) is 2.96. The van der Waals surface area contributed by atoms with Crippen molar-refractivity contribution < 1.29 is 0 Å². The molecule has 0 atom stereocenters. The van der Waals surface area contributed by atoms with Crippen molar-refractivity contribution in [3.05, 3.63) is 47.7 Å². The minimum absolute atomic E-state index is 0.455. The van der Waals surface area contributed by atoms with Crippen LogP contribution >= 0.6 is 11.3 Å². The molecule has 0 saturated carbocycles. The monoisotopic (exact) mass is 203 g/mol. The third kappa shape index (κ3) is 1.94. The number of thiophene rings is 1. The molecular weight excluding hydrogens is 190 g/mol. The van der Waals surface area contributed by atoms with Crippen molar-refractivity contribution in [3.8, 4) is 6.07 Å². The largest absolute Gasteiger partial charge is 0.197 e. The first-order chi connectivity index (χ1) is 6.79. The van der Waals surface area contributed by atoms with Crippen molar-refractivity contribution >= 4 is 11.3 Å². The Hall–Kier alpha value is -1.33. The van der Waals surface area contributed by atoms with Crippen molar-refractivity contribution in [1.82, 2.24) is 0 Å². The van der Waals surface area contributed by atoms with Crippen molar-refractivity contribution in [2.45, 2.75) is 18.3 Å². The normalized spacial score (nSPS) is 10.5. The minimum Gasteiger partial charge on any atom is -0.197 e. The van der Waals surface area contributed by atoms with E-state index in [9.17, 15) is 5.26 Å². The maximum absolute atomic E-state index is 9.27. The van der Waals surface area contributed by atoms with E-state index in [1.807, 2.05) is 16.8 Å². The van der Waals surface area contributed by atoms with Gasteiger partial charge >= 0.3 is 0 Å². The number of nitriles is 1. The van der Waals surface area contributed by atoms with E-state index in [-0.39, 0.29) is 0 Å². The molecule has 0 aliphatic carbocycles. The maximum atomic E-state index is 9.27.